The number of pyridine rings is 2. The van der Waals surface area contributed by atoms with Gasteiger partial charge in [-0.05, 0) is 29.8 Å². The number of amides is 2. The minimum absolute atomic E-state index is 0.157. The van der Waals surface area contributed by atoms with E-state index in [-0.39, 0.29) is 6.03 Å². The lowest BCUT2D eigenvalue weighted by molar-refractivity contribution is 0.205. The van der Waals surface area contributed by atoms with Gasteiger partial charge in [0.1, 0.15) is 0 Å². The fourth-order valence-electron chi connectivity index (χ4n) is 2.52. The molecule has 3 aromatic rings. The molecular weight excluding hydrogens is 316 g/mol. The average Bonchev–Trinajstić information content (AvgIpc) is 2.66. The van der Waals surface area contributed by atoms with E-state index in [0.29, 0.717) is 19.0 Å². The smallest absolute Gasteiger partial charge is 0.317 e. The van der Waals surface area contributed by atoms with E-state index >= 15 is 0 Å². The molecule has 6 heteroatoms. The van der Waals surface area contributed by atoms with E-state index in [9.17, 15) is 4.79 Å². The van der Waals surface area contributed by atoms with Crippen molar-refractivity contribution in [1.82, 2.24) is 20.2 Å². The molecule has 2 amide bonds. The number of aromatic nitrogens is 2. The summed E-state index contributed by atoms with van der Waals surface area (Å²) in [5, 5.41) is 3.98. The molecule has 25 heavy (non-hydrogen) atoms. The summed E-state index contributed by atoms with van der Waals surface area (Å²) in [6.45, 7) is 0.865. The average molecular weight is 336 g/mol. The topological polar surface area (TPSA) is 67.3 Å². The van der Waals surface area contributed by atoms with Crippen LogP contribution in [-0.2, 0) is 13.1 Å². The van der Waals surface area contributed by atoms with Gasteiger partial charge in [-0.25, -0.2) is 9.78 Å². The highest BCUT2D eigenvalue weighted by Gasteiger charge is 2.10. The van der Waals surface area contributed by atoms with Crippen LogP contribution in [0.4, 0.5) is 4.79 Å². The number of fused-ring (bicyclic) bond motifs is 1. The van der Waals surface area contributed by atoms with E-state index in [0.717, 1.165) is 22.2 Å². The predicted octanol–water partition coefficient (Wildman–Crippen LogP) is 2.98. The second kappa shape index (κ2) is 7.61. The summed E-state index contributed by atoms with van der Waals surface area (Å²) in [5.41, 5.74) is 2.74. The van der Waals surface area contributed by atoms with Crippen LogP contribution in [-0.4, -0.2) is 35.1 Å². The van der Waals surface area contributed by atoms with Crippen molar-refractivity contribution in [3.8, 4) is 5.88 Å². The number of nitrogens with zero attached hydrogens (tertiary/aromatic N) is 3. The third-order valence-corrected chi connectivity index (χ3v) is 3.85. The summed E-state index contributed by atoms with van der Waals surface area (Å²) in [4.78, 5) is 22.5. The number of hydrogen-bond acceptors (Lipinski definition) is 4. The van der Waals surface area contributed by atoms with Gasteiger partial charge in [0.05, 0.1) is 24.9 Å². The van der Waals surface area contributed by atoms with Crippen LogP contribution in [0.15, 0.2) is 54.7 Å². The second-order valence-electron chi connectivity index (χ2n) is 5.72. The van der Waals surface area contributed by atoms with E-state index in [1.54, 1.807) is 31.3 Å². The van der Waals surface area contributed by atoms with Gasteiger partial charge < -0.3 is 15.0 Å². The summed E-state index contributed by atoms with van der Waals surface area (Å²) < 4.78 is 5.10. The third kappa shape index (κ3) is 4.23. The Labute approximate surface area is 146 Å². The van der Waals surface area contributed by atoms with Crippen LogP contribution in [0.3, 0.4) is 0 Å². The zero-order valence-electron chi connectivity index (χ0n) is 14.3. The highest BCUT2D eigenvalue weighted by Crippen LogP contribution is 2.13. The number of rotatable bonds is 5. The third-order valence-electron chi connectivity index (χ3n) is 3.85. The highest BCUT2D eigenvalue weighted by atomic mass is 16.5. The van der Waals surface area contributed by atoms with Gasteiger partial charge in [-0.1, -0.05) is 18.2 Å². The van der Waals surface area contributed by atoms with E-state index in [1.807, 2.05) is 42.5 Å². The number of methoxy groups -OCH3 is 1. The van der Waals surface area contributed by atoms with Crippen molar-refractivity contribution in [3.63, 3.8) is 0 Å². The summed E-state index contributed by atoms with van der Waals surface area (Å²) in [6, 6.07) is 15.2. The predicted molar refractivity (Wildman–Crippen MR) is 96.2 cm³/mol. The molecular formula is C19H20N4O2. The first-order chi connectivity index (χ1) is 12.2. The molecule has 0 bridgehead atoms. The van der Waals surface area contributed by atoms with Gasteiger partial charge in [-0.2, -0.15) is 0 Å². The minimum atomic E-state index is -0.157. The first-order valence-electron chi connectivity index (χ1n) is 7.98. The Balaban J connectivity index is 1.58. The quantitative estimate of drug-likeness (QED) is 0.778. The lowest BCUT2D eigenvalue weighted by Gasteiger charge is -2.18. The van der Waals surface area contributed by atoms with Crippen molar-refractivity contribution in [2.45, 2.75) is 13.1 Å². The maximum atomic E-state index is 12.3. The summed E-state index contributed by atoms with van der Waals surface area (Å²) in [7, 11) is 3.31. The second-order valence-corrected chi connectivity index (χ2v) is 5.72. The number of nitrogens with one attached hydrogen (secondary N) is 1. The van der Waals surface area contributed by atoms with Crippen molar-refractivity contribution >= 4 is 16.9 Å². The van der Waals surface area contributed by atoms with Crippen LogP contribution in [0.25, 0.3) is 10.9 Å². The number of urea groups is 1. The molecule has 0 aliphatic rings. The molecule has 3 rings (SSSR count). The molecule has 0 radical (unpaired) electrons. The van der Waals surface area contributed by atoms with Gasteiger partial charge in [0.25, 0.3) is 0 Å². The van der Waals surface area contributed by atoms with Crippen molar-refractivity contribution < 1.29 is 9.53 Å². The fraction of sp³-hybridized carbons (Fsp3) is 0.211. The molecule has 0 spiro atoms. The lowest BCUT2D eigenvalue weighted by atomic mass is 10.1. The number of carbonyl (C=O) groups is 1. The largest absolute Gasteiger partial charge is 0.481 e. The summed E-state index contributed by atoms with van der Waals surface area (Å²) in [5.74, 6) is 0.538. The SMILES string of the molecule is COc1cccc(CN(C)C(=O)NCc2ccc3ncccc3c2)n1. The minimum Gasteiger partial charge on any atom is -0.481 e. The maximum absolute atomic E-state index is 12.3. The number of ether oxygens (including phenoxy) is 1. The molecule has 0 fully saturated rings. The Hall–Kier alpha value is -3.15. The molecule has 0 atom stereocenters. The van der Waals surface area contributed by atoms with Crippen molar-refractivity contribution in [1.29, 1.82) is 0 Å². The molecule has 2 aromatic heterocycles. The van der Waals surface area contributed by atoms with Crippen LogP contribution in [0.2, 0.25) is 0 Å². The van der Waals surface area contributed by atoms with E-state index in [2.05, 4.69) is 15.3 Å². The molecule has 128 valence electrons. The van der Waals surface area contributed by atoms with Gasteiger partial charge in [0.2, 0.25) is 5.88 Å². The van der Waals surface area contributed by atoms with Crippen LogP contribution < -0.4 is 10.1 Å². The first kappa shape index (κ1) is 16.7. The standard InChI is InChI=1S/C19H20N4O2/c1-23(13-16-6-3-7-18(22-16)25-2)19(24)21-12-14-8-9-17-15(11-14)5-4-10-20-17/h3-11H,12-13H2,1-2H3,(H,21,24). The molecule has 0 aliphatic heterocycles. The van der Waals surface area contributed by atoms with Crippen molar-refractivity contribution in [3.05, 3.63) is 66.0 Å². The van der Waals surface area contributed by atoms with Gasteiger partial charge >= 0.3 is 6.03 Å². The Bertz CT molecular complexity index is 882. The monoisotopic (exact) mass is 336 g/mol. The molecule has 0 saturated carbocycles. The van der Waals surface area contributed by atoms with Gasteiger partial charge in [-0.3, -0.25) is 4.98 Å². The highest BCUT2D eigenvalue weighted by molar-refractivity contribution is 5.79. The molecule has 2 heterocycles. The maximum Gasteiger partial charge on any atom is 0.317 e. The molecule has 6 nitrogen and oxygen atoms in total. The lowest BCUT2D eigenvalue weighted by Crippen LogP contribution is -2.36. The normalized spacial score (nSPS) is 10.5. The first-order valence-corrected chi connectivity index (χ1v) is 7.98. The van der Waals surface area contributed by atoms with Gasteiger partial charge in [-0.15, -0.1) is 0 Å². The van der Waals surface area contributed by atoms with Crippen LogP contribution >= 0.6 is 0 Å². The number of benzene rings is 1. The van der Waals surface area contributed by atoms with Crippen LogP contribution in [0, 0.1) is 0 Å². The van der Waals surface area contributed by atoms with E-state index in [4.69, 9.17) is 4.74 Å². The Morgan fingerprint density at radius 2 is 2.08 bits per heavy atom. The van der Waals surface area contributed by atoms with Gasteiger partial charge in [0.15, 0.2) is 0 Å². The molecule has 0 unspecified atom stereocenters. The van der Waals surface area contributed by atoms with Gasteiger partial charge in [0, 0.05) is 31.2 Å². The van der Waals surface area contributed by atoms with Crippen molar-refractivity contribution in [2.75, 3.05) is 14.2 Å². The molecule has 1 aromatic carbocycles. The zero-order chi connectivity index (χ0) is 17.6. The van der Waals surface area contributed by atoms with Crippen LogP contribution in [0.1, 0.15) is 11.3 Å². The molecule has 1 N–H and O–H groups in total. The summed E-state index contributed by atoms with van der Waals surface area (Å²) >= 11 is 0. The summed E-state index contributed by atoms with van der Waals surface area (Å²) in [6.07, 6.45) is 1.77. The molecule has 0 saturated heterocycles. The van der Waals surface area contributed by atoms with E-state index in [1.165, 1.54) is 0 Å². The number of carbonyl (C=O) groups excluding carboxylic acids is 1. The Morgan fingerprint density at radius 3 is 2.92 bits per heavy atom. The Morgan fingerprint density at radius 1 is 1.20 bits per heavy atom. The van der Waals surface area contributed by atoms with Crippen molar-refractivity contribution in [2.24, 2.45) is 0 Å². The number of hydrogen-bond donors (Lipinski definition) is 1. The van der Waals surface area contributed by atoms with E-state index < -0.39 is 0 Å². The fourth-order valence-corrected chi connectivity index (χ4v) is 2.52. The van der Waals surface area contributed by atoms with Crippen LogP contribution in [0.5, 0.6) is 5.88 Å². The Kier molecular flexibility index (Phi) is 5.09. The zero-order valence-corrected chi connectivity index (χ0v) is 14.3. The molecule has 0 aliphatic carbocycles.